The van der Waals surface area contributed by atoms with E-state index in [1.165, 1.54) is 0 Å². The van der Waals surface area contributed by atoms with Crippen molar-refractivity contribution in [2.24, 2.45) is 7.05 Å². The summed E-state index contributed by atoms with van der Waals surface area (Å²) in [6, 6.07) is 8.01. The molecule has 5 heteroatoms. The number of aromatic nitrogens is 2. The van der Waals surface area contributed by atoms with Crippen molar-refractivity contribution in [3.63, 3.8) is 0 Å². The maximum Gasteiger partial charge on any atom is 0.236 e. The number of rotatable bonds is 4. The van der Waals surface area contributed by atoms with Crippen LogP contribution >= 0.6 is 15.9 Å². The summed E-state index contributed by atoms with van der Waals surface area (Å²) in [5, 5.41) is 4.40. The quantitative estimate of drug-likeness (QED) is 0.937. The summed E-state index contributed by atoms with van der Waals surface area (Å²) >= 11 is 3.41. The summed E-state index contributed by atoms with van der Waals surface area (Å²) in [5.41, 5.74) is 8.69. The Labute approximate surface area is 121 Å². The molecule has 1 heterocycles. The summed E-state index contributed by atoms with van der Waals surface area (Å²) in [7, 11) is 1.85. The molecule has 102 valence electrons. The maximum atomic E-state index is 6.08. The Bertz CT molecular complexity index is 561. The van der Waals surface area contributed by atoms with E-state index < -0.39 is 0 Å². The second-order valence-corrected chi connectivity index (χ2v) is 5.71. The zero-order chi connectivity index (χ0) is 14.0. The number of nitrogen functional groups attached to an aromatic ring is 1. The van der Waals surface area contributed by atoms with Gasteiger partial charge in [0.15, 0.2) is 0 Å². The van der Waals surface area contributed by atoms with E-state index in [0.29, 0.717) is 18.2 Å². The van der Waals surface area contributed by atoms with E-state index >= 15 is 0 Å². The number of nitrogens with two attached hydrogens (primary N) is 1. The number of anilines is 1. The van der Waals surface area contributed by atoms with Crippen molar-refractivity contribution in [2.75, 3.05) is 5.73 Å². The number of hydrogen-bond acceptors (Lipinski definition) is 3. The number of aryl methyl sites for hydroxylation is 1. The van der Waals surface area contributed by atoms with Crippen molar-refractivity contribution in [3.05, 3.63) is 40.0 Å². The van der Waals surface area contributed by atoms with Gasteiger partial charge in [0, 0.05) is 11.5 Å². The Morgan fingerprint density at radius 3 is 2.47 bits per heavy atom. The molecule has 2 N–H and O–H groups in total. The van der Waals surface area contributed by atoms with Gasteiger partial charge in [0.05, 0.1) is 5.69 Å². The number of halogens is 1. The van der Waals surface area contributed by atoms with Crippen LogP contribution in [0.4, 0.5) is 5.69 Å². The molecule has 0 atom stereocenters. The van der Waals surface area contributed by atoms with Crippen molar-refractivity contribution in [1.82, 2.24) is 9.78 Å². The highest BCUT2D eigenvalue weighted by Crippen LogP contribution is 2.30. The van der Waals surface area contributed by atoms with E-state index in [9.17, 15) is 0 Å². The molecule has 2 aromatic rings. The van der Waals surface area contributed by atoms with E-state index in [0.717, 1.165) is 15.7 Å². The lowest BCUT2D eigenvalue weighted by Gasteiger charge is -2.07. The predicted molar refractivity (Wildman–Crippen MR) is 80.2 cm³/mol. The van der Waals surface area contributed by atoms with Gasteiger partial charge in [-0.05, 0) is 23.6 Å². The molecule has 0 aliphatic heterocycles. The molecule has 1 aromatic carbocycles. The monoisotopic (exact) mass is 323 g/mol. The van der Waals surface area contributed by atoms with Crippen LogP contribution in [0, 0.1) is 0 Å². The number of nitrogens with zero attached hydrogens (tertiary/aromatic N) is 2. The Morgan fingerprint density at radius 2 is 1.95 bits per heavy atom. The first-order chi connectivity index (χ1) is 8.99. The van der Waals surface area contributed by atoms with Gasteiger partial charge in [-0.3, -0.25) is 0 Å². The van der Waals surface area contributed by atoms with Crippen molar-refractivity contribution >= 4 is 21.6 Å². The van der Waals surface area contributed by atoms with E-state index in [-0.39, 0.29) is 5.92 Å². The fourth-order valence-electron chi connectivity index (χ4n) is 1.87. The van der Waals surface area contributed by atoms with Gasteiger partial charge < -0.3 is 10.5 Å². The molecule has 0 spiro atoms. The van der Waals surface area contributed by atoms with Crippen LogP contribution in [-0.4, -0.2) is 9.78 Å². The lowest BCUT2D eigenvalue weighted by Crippen LogP contribution is -2.02. The van der Waals surface area contributed by atoms with Gasteiger partial charge in [-0.2, -0.15) is 5.10 Å². The van der Waals surface area contributed by atoms with E-state index in [1.54, 1.807) is 4.68 Å². The average Bonchev–Trinajstić information content (AvgIpc) is 2.65. The molecule has 1 aromatic heterocycles. The first kappa shape index (κ1) is 13.9. The lowest BCUT2D eigenvalue weighted by molar-refractivity contribution is 0.280. The second-order valence-electron chi connectivity index (χ2n) is 4.80. The molecule has 0 aliphatic carbocycles. The Balaban J connectivity index is 2.13. The molecular weight excluding hydrogens is 306 g/mol. The molecule has 0 aliphatic rings. The summed E-state index contributed by atoms with van der Waals surface area (Å²) in [5.74, 6) is 0.919. The minimum absolute atomic E-state index is 0.288. The molecule has 0 saturated carbocycles. The third-order valence-corrected chi connectivity index (χ3v) is 3.42. The van der Waals surface area contributed by atoms with Crippen LogP contribution in [0.25, 0.3) is 0 Å². The predicted octanol–water partition coefficient (Wildman–Crippen LogP) is 3.47. The Kier molecular flexibility index (Phi) is 4.14. The van der Waals surface area contributed by atoms with Crippen molar-refractivity contribution in [1.29, 1.82) is 0 Å². The van der Waals surface area contributed by atoms with Crippen LogP contribution in [0.3, 0.4) is 0 Å². The van der Waals surface area contributed by atoms with Gasteiger partial charge in [-0.1, -0.05) is 41.9 Å². The second kappa shape index (κ2) is 5.65. The normalized spacial score (nSPS) is 11.0. The topological polar surface area (TPSA) is 53.1 Å². The van der Waals surface area contributed by atoms with Crippen LogP contribution in [0.5, 0.6) is 5.88 Å². The van der Waals surface area contributed by atoms with Crippen molar-refractivity contribution in [3.8, 4) is 5.88 Å². The highest BCUT2D eigenvalue weighted by Gasteiger charge is 2.17. The number of ether oxygens (including phenoxy) is 1. The average molecular weight is 324 g/mol. The van der Waals surface area contributed by atoms with E-state index in [1.807, 2.05) is 31.3 Å². The minimum Gasteiger partial charge on any atom is -0.471 e. The molecule has 0 fully saturated rings. The zero-order valence-corrected chi connectivity index (χ0v) is 12.9. The highest BCUT2D eigenvalue weighted by molar-refractivity contribution is 9.10. The van der Waals surface area contributed by atoms with Crippen LogP contribution in [0.2, 0.25) is 0 Å². The van der Waals surface area contributed by atoms with E-state index in [4.69, 9.17) is 10.5 Å². The van der Waals surface area contributed by atoms with Gasteiger partial charge in [-0.15, -0.1) is 0 Å². The third-order valence-electron chi connectivity index (χ3n) is 2.89. The molecule has 19 heavy (non-hydrogen) atoms. The summed E-state index contributed by atoms with van der Waals surface area (Å²) in [4.78, 5) is 0. The van der Waals surface area contributed by atoms with Crippen LogP contribution in [-0.2, 0) is 13.7 Å². The van der Waals surface area contributed by atoms with Crippen LogP contribution in [0.1, 0.15) is 31.0 Å². The molecule has 2 rings (SSSR count). The van der Waals surface area contributed by atoms with Crippen molar-refractivity contribution in [2.45, 2.75) is 26.4 Å². The largest absolute Gasteiger partial charge is 0.471 e. The lowest BCUT2D eigenvalue weighted by atomic mass is 10.1. The Morgan fingerprint density at radius 1 is 1.32 bits per heavy atom. The highest BCUT2D eigenvalue weighted by atomic mass is 79.9. The maximum absolute atomic E-state index is 6.08. The van der Waals surface area contributed by atoms with Gasteiger partial charge >= 0.3 is 0 Å². The molecule has 0 bridgehead atoms. The Hall–Kier alpha value is -1.49. The van der Waals surface area contributed by atoms with E-state index in [2.05, 4.69) is 34.9 Å². The molecule has 0 amide bonds. The molecular formula is C14H18BrN3O. The molecule has 0 unspecified atom stereocenters. The summed E-state index contributed by atoms with van der Waals surface area (Å²) < 4.78 is 8.54. The number of hydrogen-bond donors (Lipinski definition) is 1. The van der Waals surface area contributed by atoms with Crippen molar-refractivity contribution < 1.29 is 4.74 Å². The number of benzene rings is 1. The fraction of sp³-hybridized carbons (Fsp3) is 0.357. The zero-order valence-electron chi connectivity index (χ0n) is 11.4. The van der Waals surface area contributed by atoms with Gasteiger partial charge in [0.1, 0.15) is 12.3 Å². The summed E-state index contributed by atoms with van der Waals surface area (Å²) in [6.45, 7) is 4.61. The molecule has 0 radical (unpaired) electrons. The first-order valence-electron chi connectivity index (χ1n) is 6.18. The van der Waals surface area contributed by atoms with Crippen LogP contribution in [0.15, 0.2) is 28.7 Å². The first-order valence-corrected chi connectivity index (χ1v) is 6.98. The molecule has 4 nitrogen and oxygen atoms in total. The SMILES string of the molecule is CC(C)c1nn(C)c(OCc2ccc(Br)cc2)c1N. The fourth-order valence-corrected chi connectivity index (χ4v) is 2.14. The van der Waals surface area contributed by atoms with Gasteiger partial charge in [-0.25, -0.2) is 4.68 Å². The summed E-state index contributed by atoms with van der Waals surface area (Å²) in [6.07, 6.45) is 0. The minimum atomic E-state index is 0.288. The van der Waals surface area contributed by atoms with Gasteiger partial charge in [0.25, 0.3) is 0 Å². The van der Waals surface area contributed by atoms with Gasteiger partial charge in [0.2, 0.25) is 5.88 Å². The molecule has 0 saturated heterocycles. The smallest absolute Gasteiger partial charge is 0.236 e. The third kappa shape index (κ3) is 3.10. The standard InChI is InChI=1S/C14H18BrN3O/c1-9(2)13-12(16)14(18(3)17-13)19-8-10-4-6-11(15)7-5-10/h4-7,9H,8,16H2,1-3H3. The van der Waals surface area contributed by atoms with Crippen LogP contribution < -0.4 is 10.5 Å².